The van der Waals surface area contributed by atoms with E-state index in [4.69, 9.17) is 15.2 Å². The lowest BCUT2D eigenvalue weighted by Crippen LogP contribution is -2.41. The summed E-state index contributed by atoms with van der Waals surface area (Å²) >= 11 is 0. The number of carbonyl (C=O) groups excluding carboxylic acids is 1. The van der Waals surface area contributed by atoms with E-state index in [1.165, 1.54) is 29.6 Å². The highest BCUT2D eigenvalue weighted by Crippen LogP contribution is 2.25. The first kappa shape index (κ1) is 24.6. The average Bonchev–Trinajstić information content (AvgIpc) is 2.70. The summed E-state index contributed by atoms with van der Waals surface area (Å²) in [7, 11) is -2.25. The summed E-state index contributed by atoms with van der Waals surface area (Å²) in [5.74, 6) is -0.0721. The summed E-state index contributed by atoms with van der Waals surface area (Å²) < 4.78 is 37.6. The van der Waals surface area contributed by atoms with Gasteiger partial charge in [0.25, 0.3) is 5.91 Å². The van der Waals surface area contributed by atoms with Crippen LogP contribution in [0.3, 0.4) is 0 Å². The number of unbranched alkanes of at least 4 members (excludes halogenated alkanes) is 1. The quantitative estimate of drug-likeness (QED) is 0.606. The van der Waals surface area contributed by atoms with Crippen LogP contribution in [0.15, 0.2) is 23.1 Å². The third kappa shape index (κ3) is 6.05. The molecule has 1 fully saturated rings. The first-order chi connectivity index (χ1) is 12.9. The summed E-state index contributed by atoms with van der Waals surface area (Å²) in [6, 6.07) is 4.16. The van der Waals surface area contributed by atoms with Crippen molar-refractivity contribution < 1.29 is 22.7 Å². The maximum absolute atomic E-state index is 12.9. The van der Waals surface area contributed by atoms with Gasteiger partial charge in [-0.25, -0.2) is 8.42 Å². The number of rotatable bonds is 9. The summed E-state index contributed by atoms with van der Waals surface area (Å²) in [4.78, 5) is 12.8. The van der Waals surface area contributed by atoms with Gasteiger partial charge in [-0.3, -0.25) is 4.79 Å². The maximum atomic E-state index is 12.9. The molecular weight excluding hydrogens is 406 g/mol. The molecule has 1 amide bonds. The number of methoxy groups -OCH3 is 1. The number of hydrogen-bond acceptors (Lipinski definition) is 6. The van der Waals surface area contributed by atoms with Crippen molar-refractivity contribution in [3.05, 3.63) is 23.8 Å². The topological polar surface area (TPSA) is 111 Å². The Morgan fingerprint density at radius 3 is 2.61 bits per heavy atom. The first-order valence-corrected chi connectivity index (χ1v) is 10.6. The molecule has 1 atom stereocenters. The Kier molecular flexibility index (Phi) is 10.2. The second-order valence-corrected chi connectivity index (χ2v) is 8.36. The summed E-state index contributed by atoms with van der Waals surface area (Å²) in [5, 5.41) is 2.88. The number of nitrogens with zero attached hydrogens (tertiary/aromatic N) is 1. The zero-order valence-electron chi connectivity index (χ0n) is 16.3. The van der Waals surface area contributed by atoms with Crippen molar-refractivity contribution >= 4 is 28.3 Å². The molecule has 160 valence electrons. The number of carbonyl (C=O) groups is 1. The van der Waals surface area contributed by atoms with E-state index >= 15 is 0 Å². The van der Waals surface area contributed by atoms with Crippen LogP contribution in [0.5, 0.6) is 5.75 Å². The number of nitrogens with two attached hydrogens (primary N) is 1. The molecule has 1 heterocycles. The number of ether oxygens (including phenoxy) is 2. The molecule has 1 unspecified atom stereocenters. The molecule has 0 radical (unpaired) electrons. The monoisotopic (exact) mass is 435 g/mol. The van der Waals surface area contributed by atoms with Crippen LogP contribution in [-0.4, -0.2) is 64.6 Å². The second kappa shape index (κ2) is 11.6. The van der Waals surface area contributed by atoms with Crippen LogP contribution in [0.2, 0.25) is 0 Å². The third-order valence-electron chi connectivity index (χ3n) is 4.55. The molecule has 8 nitrogen and oxygen atoms in total. The van der Waals surface area contributed by atoms with E-state index in [9.17, 15) is 13.2 Å². The van der Waals surface area contributed by atoms with Gasteiger partial charge in [0.1, 0.15) is 5.75 Å². The van der Waals surface area contributed by atoms with Gasteiger partial charge in [0.05, 0.1) is 30.8 Å². The van der Waals surface area contributed by atoms with Gasteiger partial charge in [-0.2, -0.15) is 4.31 Å². The van der Waals surface area contributed by atoms with Crippen molar-refractivity contribution in [1.29, 1.82) is 0 Å². The van der Waals surface area contributed by atoms with Crippen molar-refractivity contribution in [2.75, 3.05) is 40.0 Å². The predicted molar refractivity (Wildman–Crippen MR) is 110 cm³/mol. The van der Waals surface area contributed by atoms with Crippen molar-refractivity contribution in [2.45, 2.75) is 37.1 Å². The molecule has 10 heteroatoms. The maximum Gasteiger partial charge on any atom is 0.255 e. The van der Waals surface area contributed by atoms with Gasteiger partial charge in [0.15, 0.2) is 0 Å². The molecule has 1 saturated heterocycles. The minimum atomic E-state index is -3.70. The van der Waals surface area contributed by atoms with Crippen LogP contribution < -0.4 is 15.8 Å². The van der Waals surface area contributed by atoms with Crippen LogP contribution in [0.25, 0.3) is 0 Å². The molecule has 1 aliphatic heterocycles. The van der Waals surface area contributed by atoms with Gasteiger partial charge in [0.2, 0.25) is 10.0 Å². The van der Waals surface area contributed by atoms with Crippen LogP contribution in [0, 0.1) is 0 Å². The van der Waals surface area contributed by atoms with Crippen molar-refractivity contribution in [3.8, 4) is 5.75 Å². The number of benzene rings is 1. The van der Waals surface area contributed by atoms with E-state index < -0.39 is 15.9 Å². The summed E-state index contributed by atoms with van der Waals surface area (Å²) in [5.41, 5.74) is 5.93. The first-order valence-electron chi connectivity index (χ1n) is 9.20. The molecule has 3 N–H and O–H groups in total. The molecule has 2 rings (SSSR count). The lowest BCUT2D eigenvalue weighted by atomic mass is 10.1. The highest BCUT2D eigenvalue weighted by molar-refractivity contribution is 7.89. The molecule has 0 bridgehead atoms. The SMILES string of the molecule is CCCCC(CN)NC(=O)c1cc(S(=O)(=O)N2CCOCC2)ccc1OC.Cl. The van der Waals surface area contributed by atoms with Gasteiger partial charge in [-0.1, -0.05) is 19.8 Å². The number of nitrogens with one attached hydrogen (secondary N) is 1. The van der Waals surface area contributed by atoms with Gasteiger partial charge in [-0.15, -0.1) is 12.4 Å². The third-order valence-corrected chi connectivity index (χ3v) is 6.44. The van der Waals surface area contributed by atoms with E-state index in [1.807, 2.05) is 0 Å². The van der Waals surface area contributed by atoms with Crippen molar-refractivity contribution in [1.82, 2.24) is 9.62 Å². The second-order valence-electron chi connectivity index (χ2n) is 6.43. The Morgan fingerprint density at radius 2 is 2.04 bits per heavy atom. The molecule has 0 aromatic heterocycles. The highest BCUT2D eigenvalue weighted by atomic mass is 35.5. The van der Waals surface area contributed by atoms with Gasteiger partial charge in [0, 0.05) is 25.7 Å². The fourth-order valence-corrected chi connectivity index (χ4v) is 4.36. The fourth-order valence-electron chi connectivity index (χ4n) is 2.92. The lowest BCUT2D eigenvalue weighted by molar-refractivity contribution is 0.0730. The lowest BCUT2D eigenvalue weighted by Gasteiger charge is -2.26. The molecule has 0 spiro atoms. The predicted octanol–water partition coefficient (Wildman–Crippen LogP) is 1.39. The van der Waals surface area contributed by atoms with E-state index in [0.717, 1.165) is 19.3 Å². The average molecular weight is 436 g/mol. The van der Waals surface area contributed by atoms with Crippen molar-refractivity contribution in [2.24, 2.45) is 5.73 Å². The Morgan fingerprint density at radius 1 is 1.36 bits per heavy atom. The van der Waals surface area contributed by atoms with Crippen LogP contribution in [0.4, 0.5) is 0 Å². The van der Waals surface area contributed by atoms with E-state index in [-0.39, 0.29) is 28.9 Å². The molecule has 1 aliphatic rings. The van der Waals surface area contributed by atoms with E-state index in [1.54, 1.807) is 0 Å². The van der Waals surface area contributed by atoms with E-state index in [2.05, 4.69) is 12.2 Å². The fraction of sp³-hybridized carbons (Fsp3) is 0.611. The van der Waals surface area contributed by atoms with Crippen LogP contribution in [0.1, 0.15) is 36.5 Å². The van der Waals surface area contributed by atoms with E-state index in [0.29, 0.717) is 38.6 Å². The molecule has 1 aromatic carbocycles. The number of halogens is 1. The molecule has 28 heavy (non-hydrogen) atoms. The summed E-state index contributed by atoms with van der Waals surface area (Å²) in [6.07, 6.45) is 2.72. The van der Waals surface area contributed by atoms with Crippen LogP contribution >= 0.6 is 12.4 Å². The number of amides is 1. The molecular formula is C18H30ClN3O5S. The Labute approximate surface area is 173 Å². The number of sulfonamides is 1. The number of morpholine rings is 1. The number of hydrogen-bond donors (Lipinski definition) is 2. The largest absolute Gasteiger partial charge is 0.496 e. The molecule has 1 aromatic rings. The Bertz CT molecular complexity index is 739. The normalized spacial score (nSPS) is 16.1. The van der Waals surface area contributed by atoms with Gasteiger partial charge < -0.3 is 20.5 Å². The Hall–Kier alpha value is -1.39. The zero-order valence-corrected chi connectivity index (χ0v) is 18.0. The molecule has 0 aliphatic carbocycles. The summed E-state index contributed by atoms with van der Waals surface area (Å²) in [6.45, 7) is 3.69. The minimum absolute atomic E-state index is 0. The van der Waals surface area contributed by atoms with Crippen molar-refractivity contribution in [3.63, 3.8) is 0 Å². The smallest absolute Gasteiger partial charge is 0.255 e. The van der Waals surface area contributed by atoms with Gasteiger partial charge >= 0.3 is 0 Å². The Balaban J connectivity index is 0.00000392. The van der Waals surface area contributed by atoms with Crippen LogP contribution in [-0.2, 0) is 14.8 Å². The zero-order chi connectivity index (χ0) is 19.9. The highest BCUT2D eigenvalue weighted by Gasteiger charge is 2.28. The minimum Gasteiger partial charge on any atom is -0.496 e. The molecule has 0 saturated carbocycles. The standard InChI is InChI=1S/C18H29N3O5S.ClH/c1-3-4-5-14(13-19)20-18(22)16-12-15(6-7-17(16)25-2)27(23,24)21-8-10-26-11-9-21;/h6-7,12,14H,3-5,8-11,13,19H2,1-2H3,(H,20,22);1H. The van der Waals surface area contributed by atoms with Gasteiger partial charge in [-0.05, 0) is 24.6 Å².